The zero-order chi connectivity index (χ0) is 20.6. The van der Waals surface area contributed by atoms with E-state index in [9.17, 15) is 0 Å². The van der Waals surface area contributed by atoms with Gasteiger partial charge in [0.2, 0.25) is 0 Å². The van der Waals surface area contributed by atoms with E-state index in [0.29, 0.717) is 6.54 Å². The molecule has 0 bridgehead atoms. The van der Waals surface area contributed by atoms with Crippen molar-refractivity contribution in [3.63, 3.8) is 0 Å². The molecule has 2 N–H and O–H groups in total. The Morgan fingerprint density at radius 2 is 2.03 bits per heavy atom. The Balaban J connectivity index is 0.00000272. The molecule has 1 aliphatic rings. The number of likely N-dealkylation sites (tertiary alicyclic amines) is 1. The van der Waals surface area contributed by atoms with E-state index in [1.54, 1.807) is 30.4 Å². The van der Waals surface area contributed by atoms with E-state index in [1.807, 2.05) is 30.5 Å². The summed E-state index contributed by atoms with van der Waals surface area (Å²) in [7, 11) is 1.79. The van der Waals surface area contributed by atoms with Crippen molar-refractivity contribution in [3.05, 3.63) is 66.5 Å². The molecule has 1 atom stereocenters. The third kappa shape index (κ3) is 6.30. The van der Waals surface area contributed by atoms with Crippen LogP contribution in [0.5, 0.6) is 0 Å². The zero-order valence-corrected chi connectivity index (χ0v) is 20.1. The number of aliphatic imine (C=N–C) groups is 1. The number of hydrogen-bond acceptors (Lipinski definition) is 5. The maximum atomic E-state index is 5.74. The number of aromatic nitrogens is 3. The van der Waals surface area contributed by atoms with Crippen LogP contribution in [0.15, 0.2) is 64.6 Å². The van der Waals surface area contributed by atoms with Gasteiger partial charge in [0, 0.05) is 38.7 Å². The van der Waals surface area contributed by atoms with Crippen LogP contribution in [0.4, 0.5) is 0 Å². The molecule has 0 aromatic carbocycles. The molecule has 0 amide bonds. The van der Waals surface area contributed by atoms with Gasteiger partial charge in [-0.2, -0.15) is 5.10 Å². The molecule has 3 aromatic heterocycles. The van der Waals surface area contributed by atoms with Crippen molar-refractivity contribution in [2.24, 2.45) is 4.99 Å². The van der Waals surface area contributed by atoms with E-state index in [0.717, 1.165) is 42.7 Å². The largest absolute Gasteiger partial charge is 0.468 e. The topological polar surface area (TPSA) is 83.5 Å². The molecule has 9 heteroatoms. The van der Waals surface area contributed by atoms with E-state index in [1.165, 1.54) is 19.3 Å². The van der Waals surface area contributed by atoms with E-state index < -0.39 is 0 Å². The van der Waals surface area contributed by atoms with Gasteiger partial charge in [0.15, 0.2) is 11.8 Å². The Bertz CT molecular complexity index is 921. The Morgan fingerprint density at radius 3 is 2.74 bits per heavy atom. The molecule has 0 spiro atoms. The maximum Gasteiger partial charge on any atom is 0.191 e. The molecule has 0 aliphatic carbocycles. The summed E-state index contributed by atoms with van der Waals surface area (Å²) in [5.41, 5.74) is 1.11. The molecule has 4 rings (SSSR count). The summed E-state index contributed by atoms with van der Waals surface area (Å²) in [4.78, 5) is 11.3. The second-order valence-corrected chi connectivity index (χ2v) is 7.41. The first-order chi connectivity index (χ1) is 14.8. The molecular weight excluding hydrogens is 505 g/mol. The number of halogens is 1. The van der Waals surface area contributed by atoms with Crippen molar-refractivity contribution in [2.75, 3.05) is 26.7 Å². The van der Waals surface area contributed by atoms with Gasteiger partial charge in [0.25, 0.3) is 0 Å². The van der Waals surface area contributed by atoms with Crippen molar-refractivity contribution in [1.82, 2.24) is 30.3 Å². The Labute approximate surface area is 200 Å². The van der Waals surface area contributed by atoms with Gasteiger partial charge in [-0.3, -0.25) is 9.89 Å². The SMILES string of the molecule is CN=C(NCc1ccnc(-n2cccn2)c1)NCC(c1ccco1)N1CCCCC1.I. The molecule has 31 heavy (non-hydrogen) atoms. The first-order valence-corrected chi connectivity index (χ1v) is 10.5. The first kappa shape index (κ1) is 23.3. The van der Waals surface area contributed by atoms with Crippen molar-refractivity contribution in [2.45, 2.75) is 31.8 Å². The first-order valence-electron chi connectivity index (χ1n) is 10.5. The van der Waals surface area contributed by atoms with E-state index in [2.05, 4.69) is 36.7 Å². The number of nitrogens with zero attached hydrogens (tertiary/aromatic N) is 5. The molecular formula is C22H30IN7O. The predicted octanol–water partition coefficient (Wildman–Crippen LogP) is 3.37. The average Bonchev–Trinajstić information content (AvgIpc) is 3.52. The number of hydrogen-bond donors (Lipinski definition) is 2. The Morgan fingerprint density at radius 1 is 1.16 bits per heavy atom. The van der Waals surface area contributed by atoms with E-state index >= 15 is 0 Å². The van der Waals surface area contributed by atoms with E-state index in [-0.39, 0.29) is 30.0 Å². The number of rotatable bonds is 7. The molecule has 0 radical (unpaired) electrons. The van der Waals surface area contributed by atoms with Gasteiger partial charge in [0.05, 0.1) is 12.3 Å². The van der Waals surface area contributed by atoms with Gasteiger partial charge in [-0.25, -0.2) is 9.67 Å². The van der Waals surface area contributed by atoms with Gasteiger partial charge in [0.1, 0.15) is 5.76 Å². The molecule has 4 heterocycles. The third-order valence-corrected chi connectivity index (χ3v) is 5.40. The third-order valence-electron chi connectivity index (χ3n) is 5.40. The van der Waals surface area contributed by atoms with Crippen LogP contribution in [0.25, 0.3) is 5.82 Å². The standard InChI is InChI=1S/C22H29N7O.HI/c1-23-22(25-16-18-8-10-24-21(15-18)29-13-6-9-27-29)26-17-19(20-7-5-14-30-20)28-11-3-2-4-12-28;/h5-10,13-15,19H,2-4,11-12,16-17H2,1H3,(H2,23,25,26);1H. The highest BCUT2D eigenvalue weighted by molar-refractivity contribution is 14.0. The van der Waals surface area contributed by atoms with Gasteiger partial charge in [-0.1, -0.05) is 6.42 Å². The molecule has 0 saturated carbocycles. The van der Waals surface area contributed by atoms with Crippen LogP contribution in [0.2, 0.25) is 0 Å². The summed E-state index contributed by atoms with van der Waals surface area (Å²) in [6.45, 7) is 3.59. The van der Waals surface area contributed by atoms with Crippen LogP contribution in [0.3, 0.4) is 0 Å². The van der Waals surface area contributed by atoms with Gasteiger partial charge >= 0.3 is 0 Å². The highest BCUT2D eigenvalue weighted by Gasteiger charge is 2.24. The molecule has 1 unspecified atom stereocenters. The van der Waals surface area contributed by atoms with Crippen molar-refractivity contribution < 1.29 is 4.42 Å². The highest BCUT2D eigenvalue weighted by Crippen LogP contribution is 2.24. The molecule has 1 saturated heterocycles. The lowest BCUT2D eigenvalue weighted by atomic mass is 10.1. The van der Waals surface area contributed by atoms with Crippen LogP contribution in [-0.2, 0) is 6.54 Å². The second-order valence-electron chi connectivity index (χ2n) is 7.41. The fraction of sp³-hybridized carbons (Fsp3) is 0.409. The van der Waals surface area contributed by atoms with Crippen molar-refractivity contribution in [3.8, 4) is 5.82 Å². The minimum absolute atomic E-state index is 0. The van der Waals surface area contributed by atoms with Gasteiger partial charge in [-0.05, 0) is 61.8 Å². The van der Waals surface area contributed by atoms with Crippen molar-refractivity contribution >= 4 is 29.9 Å². The second kappa shape index (κ2) is 11.8. The number of pyridine rings is 1. The number of furan rings is 1. The summed E-state index contributed by atoms with van der Waals surface area (Å²) >= 11 is 0. The van der Waals surface area contributed by atoms with Crippen molar-refractivity contribution in [1.29, 1.82) is 0 Å². The predicted molar refractivity (Wildman–Crippen MR) is 132 cm³/mol. The molecule has 8 nitrogen and oxygen atoms in total. The minimum atomic E-state index is 0. The number of guanidine groups is 1. The fourth-order valence-electron chi connectivity index (χ4n) is 3.82. The summed E-state index contributed by atoms with van der Waals surface area (Å²) < 4.78 is 7.49. The number of piperidine rings is 1. The monoisotopic (exact) mass is 535 g/mol. The average molecular weight is 535 g/mol. The smallest absolute Gasteiger partial charge is 0.191 e. The van der Waals surface area contributed by atoms with Crippen LogP contribution in [-0.4, -0.2) is 52.3 Å². The van der Waals surface area contributed by atoms with Gasteiger partial charge in [-0.15, -0.1) is 24.0 Å². The Kier molecular flexibility index (Phi) is 8.89. The van der Waals surface area contributed by atoms with Gasteiger partial charge < -0.3 is 15.1 Å². The van der Waals surface area contributed by atoms with Crippen LogP contribution in [0.1, 0.15) is 36.6 Å². The molecule has 1 fully saturated rings. The molecule has 1 aliphatic heterocycles. The summed E-state index contributed by atoms with van der Waals surface area (Å²) in [5, 5.41) is 11.1. The van der Waals surface area contributed by atoms with Crippen LogP contribution >= 0.6 is 24.0 Å². The minimum Gasteiger partial charge on any atom is -0.468 e. The lowest BCUT2D eigenvalue weighted by molar-refractivity contribution is 0.146. The lowest BCUT2D eigenvalue weighted by Gasteiger charge is -2.33. The normalized spacial score (nSPS) is 15.8. The van der Waals surface area contributed by atoms with Crippen LogP contribution in [0, 0.1) is 0 Å². The summed E-state index contributed by atoms with van der Waals surface area (Å²) in [5.74, 6) is 2.56. The fourth-order valence-corrected chi connectivity index (χ4v) is 3.82. The maximum absolute atomic E-state index is 5.74. The molecule has 3 aromatic rings. The summed E-state index contributed by atoms with van der Waals surface area (Å²) in [6, 6.07) is 10.1. The number of nitrogens with one attached hydrogen (secondary N) is 2. The van der Waals surface area contributed by atoms with E-state index in [4.69, 9.17) is 4.42 Å². The zero-order valence-electron chi connectivity index (χ0n) is 17.8. The summed E-state index contributed by atoms with van der Waals surface area (Å²) in [6.07, 6.45) is 11.0. The quantitative estimate of drug-likeness (QED) is 0.274. The Hall–Kier alpha value is -2.40. The van der Waals surface area contributed by atoms with Crippen LogP contribution < -0.4 is 10.6 Å². The highest BCUT2D eigenvalue weighted by atomic mass is 127. The lowest BCUT2D eigenvalue weighted by Crippen LogP contribution is -2.44. The molecule has 166 valence electrons.